The summed E-state index contributed by atoms with van der Waals surface area (Å²) >= 11 is 0. The molecule has 2 fully saturated rings. The fraction of sp³-hybridized carbons (Fsp3) is 0.500. The van der Waals surface area contributed by atoms with Crippen LogP contribution in [0.2, 0.25) is 0 Å². The third-order valence-electron chi connectivity index (χ3n) is 4.59. The van der Waals surface area contributed by atoms with Gasteiger partial charge in [-0.2, -0.15) is 0 Å². The van der Waals surface area contributed by atoms with E-state index in [0.717, 1.165) is 23.1 Å². The van der Waals surface area contributed by atoms with E-state index in [1.807, 2.05) is 12.1 Å². The molecule has 88 valence electrons. The molecule has 17 heavy (non-hydrogen) atoms. The van der Waals surface area contributed by atoms with Gasteiger partial charge in [-0.05, 0) is 55.4 Å². The Morgan fingerprint density at radius 2 is 1.88 bits per heavy atom. The molecular weight excluding hydrogens is 214 g/mol. The highest BCUT2D eigenvalue weighted by atomic mass is 16.6. The lowest BCUT2D eigenvalue weighted by Gasteiger charge is -2.22. The zero-order valence-corrected chi connectivity index (χ0v) is 9.54. The molecule has 3 aliphatic rings. The second-order valence-corrected chi connectivity index (χ2v) is 5.45. The van der Waals surface area contributed by atoms with Gasteiger partial charge in [0.2, 0.25) is 0 Å². The van der Waals surface area contributed by atoms with Gasteiger partial charge in [0.15, 0.2) is 0 Å². The van der Waals surface area contributed by atoms with Gasteiger partial charge >= 0.3 is 0 Å². The molecule has 0 aromatic heterocycles. The molecule has 0 saturated heterocycles. The lowest BCUT2D eigenvalue weighted by molar-refractivity contribution is 0.0275. The fourth-order valence-corrected chi connectivity index (χ4v) is 3.83. The van der Waals surface area contributed by atoms with Crippen molar-refractivity contribution in [1.29, 1.82) is 0 Å². The average Bonchev–Trinajstić information content (AvgIpc) is 3.02. The minimum absolute atomic E-state index is 0.303. The number of benzene rings is 1. The van der Waals surface area contributed by atoms with E-state index < -0.39 is 0 Å². The second-order valence-electron chi connectivity index (χ2n) is 5.45. The van der Waals surface area contributed by atoms with E-state index in [1.54, 1.807) is 12.1 Å². The molecule has 3 heteroatoms. The molecule has 2 bridgehead atoms. The molecule has 4 atom stereocenters. The first-order chi connectivity index (χ1) is 8.33. The maximum absolute atomic E-state index is 9.32. The van der Waals surface area contributed by atoms with Crippen LogP contribution in [-0.2, 0) is 4.84 Å². The van der Waals surface area contributed by atoms with Crippen LogP contribution >= 0.6 is 0 Å². The molecule has 0 spiro atoms. The van der Waals surface area contributed by atoms with Crippen LogP contribution < -0.4 is 0 Å². The van der Waals surface area contributed by atoms with Crippen molar-refractivity contribution in [3.05, 3.63) is 29.8 Å². The number of fused-ring (bicyclic) bond motifs is 5. The van der Waals surface area contributed by atoms with Gasteiger partial charge in [0, 0.05) is 11.5 Å². The van der Waals surface area contributed by atoms with E-state index in [1.165, 1.54) is 19.3 Å². The molecule has 1 aromatic rings. The van der Waals surface area contributed by atoms with Crippen LogP contribution in [0.25, 0.3) is 0 Å². The highest BCUT2D eigenvalue weighted by Crippen LogP contribution is 2.53. The van der Waals surface area contributed by atoms with E-state index in [-0.39, 0.29) is 0 Å². The molecule has 0 amide bonds. The van der Waals surface area contributed by atoms with Crippen molar-refractivity contribution in [2.75, 3.05) is 0 Å². The SMILES string of the molecule is Oc1ccc(C2=NOC3C2[C@H]2CC[C@@H]3C2)cc1. The summed E-state index contributed by atoms with van der Waals surface area (Å²) in [6.45, 7) is 0. The Morgan fingerprint density at radius 1 is 1.12 bits per heavy atom. The van der Waals surface area contributed by atoms with Gasteiger partial charge in [-0.3, -0.25) is 0 Å². The Hall–Kier alpha value is -1.51. The number of oxime groups is 1. The van der Waals surface area contributed by atoms with Crippen LogP contribution in [-0.4, -0.2) is 16.9 Å². The zero-order chi connectivity index (χ0) is 11.4. The van der Waals surface area contributed by atoms with Crippen LogP contribution in [0.5, 0.6) is 5.75 Å². The lowest BCUT2D eigenvalue weighted by Crippen LogP contribution is -2.29. The summed E-state index contributed by atoms with van der Waals surface area (Å²) in [7, 11) is 0. The first kappa shape index (κ1) is 9.51. The van der Waals surface area contributed by atoms with Crippen molar-refractivity contribution in [3.63, 3.8) is 0 Å². The Kier molecular flexibility index (Phi) is 1.82. The summed E-state index contributed by atoms with van der Waals surface area (Å²) in [5, 5.41) is 13.6. The van der Waals surface area contributed by atoms with Crippen molar-refractivity contribution < 1.29 is 9.94 Å². The Bertz CT molecular complexity index is 480. The van der Waals surface area contributed by atoms with Crippen LogP contribution in [0.15, 0.2) is 29.4 Å². The Labute approximate surface area is 100 Å². The third-order valence-corrected chi connectivity index (χ3v) is 4.59. The van der Waals surface area contributed by atoms with Crippen molar-refractivity contribution in [2.24, 2.45) is 22.9 Å². The van der Waals surface area contributed by atoms with E-state index in [4.69, 9.17) is 4.84 Å². The fourth-order valence-electron chi connectivity index (χ4n) is 3.83. The third kappa shape index (κ3) is 1.25. The maximum atomic E-state index is 9.32. The van der Waals surface area contributed by atoms with E-state index in [0.29, 0.717) is 17.8 Å². The number of hydrogen-bond acceptors (Lipinski definition) is 3. The first-order valence-electron chi connectivity index (χ1n) is 6.36. The zero-order valence-electron chi connectivity index (χ0n) is 9.54. The predicted molar refractivity (Wildman–Crippen MR) is 63.8 cm³/mol. The van der Waals surface area contributed by atoms with Gasteiger partial charge < -0.3 is 9.94 Å². The van der Waals surface area contributed by atoms with Gasteiger partial charge in [-0.25, -0.2) is 0 Å². The molecule has 1 heterocycles. The Morgan fingerprint density at radius 3 is 2.71 bits per heavy atom. The summed E-state index contributed by atoms with van der Waals surface area (Å²) < 4.78 is 0. The number of nitrogens with zero attached hydrogens (tertiary/aromatic N) is 1. The summed E-state index contributed by atoms with van der Waals surface area (Å²) in [6, 6.07) is 7.31. The number of aromatic hydroxyl groups is 1. The number of phenolic OH excluding ortho intramolecular Hbond substituents is 1. The predicted octanol–water partition coefficient (Wildman–Crippen LogP) is 2.54. The summed E-state index contributed by atoms with van der Waals surface area (Å²) in [5.74, 6) is 2.29. The Balaban J connectivity index is 1.69. The van der Waals surface area contributed by atoms with Crippen molar-refractivity contribution in [2.45, 2.75) is 25.4 Å². The molecule has 4 rings (SSSR count). The normalized spacial score (nSPS) is 37.8. The van der Waals surface area contributed by atoms with Crippen LogP contribution in [0.1, 0.15) is 24.8 Å². The van der Waals surface area contributed by atoms with Crippen LogP contribution in [0.3, 0.4) is 0 Å². The molecule has 2 aliphatic carbocycles. The molecule has 1 aliphatic heterocycles. The minimum Gasteiger partial charge on any atom is -0.508 e. The number of phenols is 1. The van der Waals surface area contributed by atoms with Crippen molar-refractivity contribution >= 4 is 5.71 Å². The van der Waals surface area contributed by atoms with Gasteiger partial charge in [0.05, 0.1) is 5.71 Å². The molecule has 3 nitrogen and oxygen atoms in total. The maximum Gasteiger partial charge on any atom is 0.139 e. The highest BCUT2D eigenvalue weighted by molar-refractivity contribution is 6.03. The lowest BCUT2D eigenvalue weighted by atomic mass is 9.81. The molecular formula is C14H15NO2. The van der Waals surface area contributed by atoms with Gasteiger partial charge in [-0.1, -0.05) is 5.16 Å². The highest BCUT2D eigenvalue weighted by Gasteiger charge is 2.54. The summed E-state index contributed by atoms with van der Waals surface area (Å²) in [4.78, 5) is 5.63. The largest absolute Gasteiger partial charge is 0.508 e. The molecule has 1 aromatic carbocycles. The van der Waals surface area contributed by atoms with Gasteiger partial charge in [0.25, 0.3) is 0 Å². The van der Waals surface area contributed by atoms with Crippen molar-refractivity contribution in [3.8, 4) is 5.75 Å². The summed E-state index contributed by atoms with van der Waals surface area (Å²) in [6.07, 6.45) is 4.28. The number of hydrogen-bond donors (Lipinski definition) is 1. The van der Waals surface area contributed by atoms with Crippen molar-refractivity contribution in [1.82, 2.24) is 0 Å². The smallest absolute Gasteiger partial charge is 0.139 e. The molecule has 2 saturated carbocycles. The van der Waals surface area contributed by atoms with Crippen LogP contribution in [0.4, 0.5) is 0 Å². The van der Waals surface area contributed by atoms with E-state index in [2.05, 4.69) is 5.16 Å². The first-order valence-corrected chi connectivity index (χ1v) is 6.36. The van der Waals surface area contributed by atoms with Gasteiger partial charge in [-0.15, -0.1) is 0 Å². The van der Waals surface area contributed by atoms with Crippen LogP contribution in [0, 0.1) is 17.8 Å². The summed E-state index contributed by atoms with van der Waals surface area (Å²) in [5.41, 5.74) is 2.20. The van der Waals surface area contributed by atoms with Gasteiger partial charge in [0.1, 0.15) is 11.9 Å². The monoisotopic (exact) mass is 229 g/mol. The number of rotatable bonds is 1. The van der Waals surface area contributed by atoms with E-state index in [9.17, 15) is 5.11 Å². The molecule has 2 unspecified atom stereocenters. The molecule has 0 radical (unpaired) electrons. The molecule has 1 N–H and O–H groups in total. The average molecular weight is 229 g/mol. The minimum atomic E-state index is 0.303. The van der Waals surface area contributed by atoms with E-state index >= 15 is 0 Å². The quantitative estimate of drug-likeness (QED) is 0.804. The second kappa shape index (κ2) is 3.25. The topological polar surface area (TPSA) is 41.8 Å². The standard InChI is InChI=1S/C14H15NO2/c16-11-5-3-8(4-6-11)13-12-9-1-2-10(7-9)14(12)17-15-13/h3-6,9-10,12,14,16H,1-2,7H2/t9-,10+,12?,14?/m0/s1.